The van der Waals surface area contributed by atoms with E-state index in [1.807, 2.05) is 0 Å². The third-order valence-corrected chi connectivity index (χ3v) is 3.12. The number of rotatable bonds is 4. The van der Waals surface area contributed by atoms with Crippen molar-refractivity contribution in [1.82, 2.24) is 5.01 Å². The molecule has 1 N–H and O–H groups in total. The molecule has 0 fully saturated rings. The van der Waals surface area contributed by atoms with Crippen molar-refractivity contribution in [2.75, 3.05) is 19.0 Å². The Bertz CT molecular complexity index is 622. The minimum absolute atomic E-state index is 0.115. The molecule has 1 aromatic rings. The molecule has 0 saturated carbocycles. The second-order valence-corrected chi connectivity index (χ2v) is 4.72. The zero-order valence-electron chi connectivity index (χ0n) is 12.5. The highest BCUT2D eigenvalue weighted by Gasteiger charge is 2.22. The number of ether oxygens (including phenoxy) is 1. The van der Waals surface area contributed by atoms with Crippen LogP contribution in [0.2, 0.25) is 0 Å². The van der Waals surface area contributed by atoms with E-state index in [1.165, 1.54) is 12.1 Å². The van der Waals surface area contributed by atoms with E-state index in [0.29, 0.717) is 30.0 Å². The number of nitrogens with one attached hydrogen (secondary N) is 1. The Morgan fingerprint density at radius 1 is 1.27 bits per heavy atom. The van der Waals surface area contributed by atoms with Gasteiger partial charge in [0.05, 0.1) is 12.2 Å². The summed E-state index contributed by atoms with van der Waals surface area (Å²) in [6, 6.07) is 6.38. The summed E-state index contributed by atoms with van der Waals surface area (Å²) in [4.78, 5) is 34.9. The van der Waals surface area contributed by atoms with E-state index < -0.39 is 5.97 Å². The first-order chi connectivity index (χ1) is 10.5. The van der Waals surface area contributed by atoms with Crippen LogP contribution in [0.3, 0.4) is 0 Å². The van der Waals surface area contributed by atoms with Crippen molar-refractivity contribution in [3.05, 3.63) is 29.8 Å². The molecule has 22 heavy (non-hydrogen) atoms. The summed E-state index contributed by atoms with van der Waals surface area (Å²) < 4.78 is 4.88. The van der Waals surface area contributed by atoms with Crippen LogP contribution in [0.5, 0.6) is 0 Å². The molecule has 1 heterocycles. The fourth-order valence-electron chi connectivity index (χ4n) is 1.94. The quantitative estimate of drug-likeness (QED) is 0.852. The summed E-state index contributed by atoms with van der Waals surface area (Å²) in [6.07, 6.45) is 0.584. The van der Waals surface area contributed by atoms with Gasteiger partial charge in [-0.3, -0.25) is 9.59 Å². The van der Waals surface area contributed by atoms with Crippen LogP contribution in [0.1, 0.15) is 30.1 Å². The Kier molecular flexibility index (Phi) is 4.88. The second-order valence-electron chi connectivity index (χ2n) is 4.72. The molecule has 2 amide bonds. The lowest BCUT2D eigenvalue weighted by Gasteiger charge is -2.18. The first-order valence-corrected chi connectivity index (χ1v) is 6.94. The van der Waals surface area contributed by atoms with Gasteiger partial charge >= 0.3 is 5.97 Å². The molecule has 0 spiro atoms. The van der Waals surface area contributed by atoms with Gasteiger partial charge in [-0.05, 0) is 31.2 Å². The van der Waals surface area contributed by atoms with Gasteiger partial charge in [0.15, 0.2) is 0 Å². The first kappa shape index (κ1) is 15.7. The Balaban J connectivity index is 2.02. The number of carbonyl (C=O) groups excluding carboxylic acids is 3. The number of nitrogens with zero attached hydrogens (tertiary/aromatic N) is 2. The zero-order valence-corrected chi connectivity index (χ0v) is 12.5. The van der Waals surface area contributed by atoms with Crippen LogP contribution in [0.15, 0.2) is 29.4 Å². The molecule has 1 aliphatic rings. The summed E-state index contributed by atoms with van der Waals surface area (Å²) in [5.74, 6) is -0.879. The molecule has 0 saturated heterocycles. The number of hydrogen-bond acceptors (Lipinski definition) is 5. The van der Waals surface area contributed by atoms with E-state index in [4.69, 9.17) is 4.74 Å². The molecule has 0 unspecified atom stereocenters. The zero-order chi connectivity index (χ0) is 16.1. The largest absolute Gasteiger partial charge is 0.462 e. The molecule has 0 aliphatic carbocycles. The van der Waals surface area contributed by atoms with Crippen molar-refractivity contribution in [2.45, 2.75) is 19.8 Å². The lowest BCUT2D eigenvalue weighted by Crippen LogP contribution is -2.34. The molecule has 7 nitrogen and oxygen atoms in total. The van der Waals surface area contributed by atoms with Crippen LogP contribution in [-0.4, -0.2) is 42.2 Å². The Labute approximate surface area is 127 Å². The molecule has 0 aromatic heterocycles. The molecular formula is C15H17N3O4. The molecule has 0 atom stereocenters. The van der Waals surface area contributed by atoms with Crippen molar-refractivity contribution in [1.29, 1.82) is 0 Å². The van der Waals surface area contributed by atoms with E-state index in [0.717, 1.165) is 0 Å². The highest BCUT2D eigenvalue weighted by atomic mass is 16.5. The third kappa shape index (κ3) is 3.69. The maximum Gasteiger partial charge on any atom is 0.338 e. The van der Waals surface area contributed by atoms with Gasteiger partial charge in [-0.1, -0.05) is 0 Å². The topological polar surface area (TPSA) is 88.1 Å². The highest BCUT2D eigenvalue weighted by molar-refractivity contribution is 6.43. The lowest BCUT2D eigenvalue weighted by atomic mass is 10.1. The number of carbonyl (C=O) groups is 3. The van der Waals surface area contributed by atoms with Crippen LogP contribution >= 0.6 is 0 Å². The molecule has 7 heteroatoms. The molecule has 116 valence electrons. The van der Waals surface area contributed by atoms with Crippen molar-refractivity contribution in [2.24, 2.45) is 5.10 Å². The van der Waals surface area contributed by atoms with E-state index >= 15 is 0 Å². The van der Waals surface area contributed by atoms with Crippen LogP contribution < -0.4 is 5.32 Å². The minimum atomic E-state index is -0.405. The summed E-state index contributed by atoms with van der Waals surface area (Å²) in [5, 5.41) is 7.80. The van der Waals surface area contributed by atoms with Crippen molar-refractivity contribution < 1.29 is 19.1 Å². The van der Waals surface area contributed by atoms with E-state index in [2.05, 4.69) is 10.4 Å². The monoisotopic (exact) mass is 303 g/mol. The molecule has 0 bridgehead atoms. The first-order valence-electron chi connectivity index (χ1n) is 6.94. The average molecular weight is 303 g/mol. The van der Waals surface area contributed by atoms with Gasteiger partial charge in [-0.15, -0.1) is 0 Å². The summed E-state index contributed by atoms with van der Waals surface area (Å²) in [5.41, 5.74) is 1.26. The number of amides is 2. The third-order valence-electron chi connectivity index (χ3n) is 3.12. The van der Waals surface area contributed by atoms with Gasteiger partial charge in [-0.2, -0.15) is 5.10 Å². The standard InChI is InChI=1S/C15H17N3O4/c1-3-22-15(21)10-4-6-11(7-5-10)16-14(20)12-8-9-13(19)18(2)17-12/h4-7H,3,8-9H2,1-2H3,(H,16,20). The highest BCUT2D eigenvalue weighted by Crippen LogP contribution is 2.13. The van der Waals surface area contributed by atoms with Gasteiger partial charge in [0.25, 0.3) is 5.91 Å². The average Bonchev–Trinajstić information content (AvgIpc) is 2.51. The smallest absolute Gasteiger partial charge is 0.338 e. The molecule has 0 radical (unpaired) electrons. The van der Waals surface area contributed by atoms with Crippen LogP contribution in [0.25, 0.3) is 0 Å². The van der Waals surface area contributed by atoms with Crippen LogP contribution in [-0.2, 0) is 14.3 Å². The summed E-state index contributed by atoms with van der Waals surface area (Å²) in [6.45, 7) is 2.04. The molecule has 1 aromatic carbocycles. The summed E-state index contributed by atoms with van der Waals surface area (Å²) >= 11 is 0. The van der Waals surface area contributed by atoms with Gasteiger partial charge in [0.2, 0.25) is 5.91 Å². The van der Waals surface area contributed by atoms with Crippen molar-refractivity contribution in [3.63, 3.8) is 0 Å². The number of benzene rings is 1. The molecular weight excluding hydrogens is 286 g/mol. The van der Waals surface area contributed by atoms with Crippen molar-refractivity contribution in [3.8, 4) is 0 Å². The van der Waals surface area contributed by atoms with E-state index in [9.17, 15) is 14.4 Å². The number of hydrogen-bond donors (Lipinski definition) is 1. The normalized spacial score (nSPS) is 14.4. The minimum Gasteiger partial charge on any atom is -0.462 e. The Hall–Kier alpha value is -2.70. The van der Waals surface area contributed by atoms with Crippen LogP contribution in [0, 0.1) is 0 Å². The predicted octanol–water partition coefficient (Wildman–Crippen LogP) is 1.41. The fraction of sp³-hybridized carbons (Fsp3) is 0.333. The number of esters is 1. The van der Waals surface area contributed by atoms with Gasteiger partial charge in [0, 0.05) is 25.6 Å². The lowest BCUT2D eigenvalue weighted by molar-refractivity contribution is -0.130. The van der Waals surface area contributed by atoms with Crippen LogP contribution in [0.4, 0.5) is 5.69 Å². The molecule has 1 aliphatic heterocycles. The maximum absolute atomic E-state index is 12.1. The molecule has 2 rings (SSSR count). The Morgan fingerprint density at radius 2 is 1.95 bits per heavy atom. The van der Waals surface area contributed by atoms with E-state index in [1.54, 1.807) is 31.2 Å². The maximum atomic E-state index is 12.1. The Morgan fingerprint density at radius 3 is 2.55 bits per heavy atom. The predicted molar refractivity (Wildman–Crippen MR) is 80.5 cm³/mol. The van der Waals surface area contributed by atoms with Gasteiger partial charge in [0.1, 0.15) is 5.71 Å². The number of hydrazone groups is 1. The SMILES string of the molecule is CCOC(=O)c1ccc(NC(=O)C2=NN(C)C(=O)CC2)cc1. The fourth-order valence-corrected chi connectivity index (χ4v) is 1.94. The second kappa shape index (κ2) is 6.84. The van der Waals surface area contributed by atoms with Crippen molar-refractivity contribution >= 4 is 29.2 Å². The van der Waals surface area contributed by atoms with Gasteiger partial charge < -0.3 is 10.1 Å². The number of anilines is 1. The summed E-state index contributed by atoms with van der Waals surface area (Å²) in [7, 11) is 1.52. The van der Waals surface area contributed by atoms with Gasteiger partial charge in [-0.25, -0.2) is 9.80 Å². The van der Waals surface area contributed by atoms with E-state index in [-0.39, 0.29) is 18.2 Å².